The number of amides is 1. The number of aliphatic imine (C=N–C) groups is 1. The van der Waals surface area contributed by atoms with E-state index in [1.807, 2.05) is 70.2 Å². The van der Waals surface area contributed by atoms with Crippen molar-refractivity contribution in [3.8, 4) is 0 Å². The summed E-state index contributed by atoms with van der Waals surface area (Å²) in [6.45, 7) is 8.54. The molecule has 3 aromatic rings. The van der Waals surface area contributed by atoms with Gasteiger partial charge in [-0.2, -0.15) is 0 Å². The van der Waals surface area contributed by atoms with Gasteiger partial charge in [-0.15, -0.1) is 0 Å². The van der Waals surface area contributed by atoms with E-state index in [0.717, 1.165) is 33.5 Å². The van der Waals surface area contributed by atoms with E-state index in [-0.39, 0.29) is 5.91 Å². The zero-order valence-corrected chi connectivity index (χ0v) is 17.3. The highest BCUT2D eigenvalue weighted by Crippen LogP contribution is 2.14. The van der Waals surface area contributed by atoms with Crippen LogP contribution in [-0.4, -0.2) is 16.9 Å². The minimum atomic E-state index is -0.196. The first-order valence-corrected chi connectivity index (χ1v) is 9.58. The first-order chi connectivity index (χ1) is 13.9. The number of pyridine rings is 1. The summed E-state index contributed by atoms with van der Waals surface area (Å²) in [6.07, 6.45) is 3.46. The van der Waals surface area contributed by atoms with E-state index in [4.69, 9.17) is 0 Å². The number of nitrogens with zero attached hydrogens (tertiary/aromatic N) is 2. The van der Waals surface area contributed by atoms with Crippen LogP contribution in [0.15, 0.2) is 65.9 Å². The Hall–Kier alpha value is -3.47. The highest BCUT2D eigenvalue weighted by Gasteiger charge is 2.11. The molecule has 1 aromatic heterocycles. The second-order valence-electron chi connectivity index (χ2n) is 7.27. The van der Waals surface area contributed by atoms with Crippen molar-refractivity contribution in [1.29, 1.82) is 0 Å². The van der Waals surface area contributed by atoms with E-state index in [1.165, 1.54) is 0 Å². The largest absolute Gasteiger partial charge is 0.326 e. The van der Waals surface area contributed by atoms with Crippen molar-refractivity contribution < 1.29 is 4.79 Å². The van der Waals surface area contributed by atoms with Gasteiger partial charge in [0.25, 0.3) is 5.91 Å². The molecule has 1 amide bonds. The van der Waals surface area contributed by atoms with E-state index >= 15 is 0 Å². The fraction of sp³-hybridized carbons (Fsp3) is 0.208. The number of rotatable bonds is 4. The fourth-order valence-electron chi connectivity index (χ4n) is 3.01. The standard InChI is InChI=1S/C24H26N4O/c1-16-11-17(2)13-22(12-16)27-24(26-15-20-7-9-25-10-8-20)28-23(29)21-6-5-18(3)19(4)14-21/h5-14H,15H2,1-4H3,(H2,26,27,28,29). The molecule has 0 saturated carbocycles. The van der Waals surface area contributed by atoms with Crippen LogP contribution in [0, 0.1) is 27.7 Å². The van der Waals surface area contributed by atoms with Gasteiger partial charge in [0.1, 0.15) is 0 Å². The van der Waals surface area contributed by atoms with Crippen LogP contribution < -0.4 is 10.6 Å². The number of benzene rings is 2. The lowest BCUT2D eigenvalue weighted by molar-refractivity contribution is 0.0977. The normalized spacial score (nSPS) is 11.2. The van der Waals surface area contributed by atoms with Crippen LogP contribution in [0.5, 0.6) is 0 Å². The maximum Gasteiger partial charge on any atom is 0.257 e. The van der Waals surface area contributed by atoms with Crippen molar-refractivity contribution in [2.24, 2.45) is 4.99 Å². The van der Waals surface area contributed by atoms with E-state index in [2.05, 4.69) is 26.7 Å². The SMILES string of the molecule is Cc1cc(C)cc(NC(=NCc2ccncc2)NC(=O)c2ccc(C)c(C)c2)c1. The molecule has 0 aliphatic carbocycles. The second-order valence-corrected chi connectivity index (χ2v) is 7.27. The highest BCUT2D eigenvalue weighted by molar-refractivity contribution is 6.10. The van der Waals surface area contributed by atoms with Crippen molar-refractivity contribution in [3.05, 3.63) is 94.3 Å². The van der Waals surface area contributed by atoms with E-state index in [0.29, 0.717) is 18.1 Å². The molecular weight excluding hydrogens is 360 g/mol. The van der Waals surface area contributed by atoms with Gasteiger partial charge in [-0.05, 0) is 91.9 Å². The van der Waals surface area contributed by atoms with Crippen LogP contribution in [0.3, 0.4) is 0 Å². The van der Waals surface area contributed by atoms with Gasteiger partial charge in [0.05, 0.1) is 6.54 Å². The van der Waals surface area contributed by atoms with Crippen LogP contribution >= 0.6 is 0 Å². The molecule has 148 valence electrons. The average Bonchev–Trinajstić information content (AvgIpc) is 2.68. The Labute approximate surface area is 171 Å². The van der Waals surface area contributed by atoms with E-state index < -0.39 is 0 Å². The average molecular weight is 386 g/mol. The summed E-state index contributed by atoms with van der Waals surface area (Å²) >= 11 is 0. The van der Waals surface area contributed by atoms with Gasteiger partial charge in [-0.3, -0.25) is 15.1 Å². The molecule has 0 radical (unpaired) electrons. The Bertz CT molecular complexity index is 1020. The Morgan fingerprint density at radius 1 is 0.897 bits per heavy atom. The molecule has 29 heavy (non-hydrogen) atoms. The predicted octanol–water partition coefficient (Wildman–Crippen LogP) is 4.71. The fourth-order valence-corrected chi connectivity index (χ4v) is 3.01. The summed E-state index contributed by atoms with van der Waals surface area (Å²) in [4.78, 5) is 21.4. The second kappa shape index (κ2) is 9.15. The number of anilines is 1. The molecular formula is C24H26N4O. The van der Waals surface area contributed by atoms with Crippen molar-refractivity contribution in [3.63, 3.8) is 0 Å². The molecule has 0 fully saturated rings. The third kappa shape index (κ3) is 5.75. The number of hydrogen-bond donors (Lipinski definition) is 2. The number of carbonyl (C=O) groups is 1. The minimum absolute atomic E-state index is 0.196. The summed E-state index contributed by atoms with van der Waals surface area (Å²) < 4.78 is 0. The number of nitrogens with one attached hydrogen (secondary N) is 2. The third-order valence-corrected chi connectivity index (χ3v) is 4.65. The van der Waals surface area contributed by atoms with Gasteiger partial charge in [0.15, 0.2) is 0 Å². The van der Waals surface area contributed by atoms with Crippen molar-refractivity contribution in [2.45, 2.75) is 34.2 Å². The first kappa shape index (κ1) is 20.3. The topological polar surface area (TPSA) is 66.4 Å². The molecule has 3 rings (SSSR count). The van der Waals surface area contributed by atoms with Gasteiger partial charge >= 0.3 is 0 Å². The first-order valence-electron chi connectivity index (χ1n) is 9.58. The van der Waals surface area contributed by atoms with Gasteiger partial charge in [-0.1, -0.05) is 12.1 Å². The summed E-state index contributed by atoms with van der Waals surface area (Å²) in [5.41, 5.74) is 7.02. The third-order valence-electron chi connectivity index (χ3n) is 4.65. The number of carbonyl (C=O) groups excluding carboxylic acids is 1. The molecule has 0 unspecified atom stereocenters. The Balaban J connectivity index is 1.84. The lowest BCUT2D eigenvalue weighted by atomic mass is 10.1. The van der Waals surface area contributed by atoms with Crippen LogP contribution in [0.25, 0.3) is 0 Å². The number of aryl methyl sites for hydroxylation is 4. The molecule has 0 saturated heterocycles. The molecule has 5 nitrogen and oxygen atoms in total. The molecule has 0 aliphatic rings. The van der Waals surface area contributed by atoms with Crippen molar-refractivity contribution in [1.82, 2.24) is 10.3 Å². The van der Waals surface area contributed by atoms with Crippen LogP contribution in [-0.2, 0) is 6.54 Å². The Morgan fingerprint density at radius 2 is 1.59 bits per heavy atom. The number of hydrogen-bond acceptors (Lipinski definition) is 3. The zero-order chi connectivity index (χ0) is 20.8. The lowest BCUT2D eigenvalue weighted by Gasteiger charge is -2.14. The summed E-state index contributed by atoms with van der Waals surface area (Å²) in [7, 11) is 0. The molecule has 0 atom stereocenters. The van der Waals surface area contributed by atoms with Gasteiger partial charge in [-0.25, -0.2) is 4.99 Å². The number of aromatic nitrogens is 1. The zero-order valence-electron chi connectivity index (χ0n) is 17.3. The van der Waals surface area contributed by atoms with Crippen LogP contribution in [0.2, 0.25) is 0 Å². The van der Waals surface area contributed by atoms with Crippen LogP contribution in [0.1, 0.15) is 38.2 Å². The van der Waals surface area contributed by atoms with E-state index in [9.17, 15) is 4.79 Å². The van der Waals surface area contributed by atoms with Gasteiger partial charge < -0.3 is 5.32 Å². The van der Waals surface area contributed by atoms with Crippen LogP contribution in [0.4, 0.5) is 5.69 Å². The molecule has 5 heteroatoms. The molecule has 2 N–H and O–H groups in total. The maximum absolute atomic E-state index is 12.8. The lowest BCUT2D eigenvalue weighted by Crippen LogP contribution is -2.36. The monoisotopic (exact) mass is 386 g/mol. The minimum Gasteiger partial charge on any atom is -0.326 e. The van der Waals surface area contributed by atoms with Crippen molar-refractivity contribution in [2.75, 3.05) is 5.32 Å². The summed E-state index contributed by atoms with van der Waals surface area (Å²) in [5, 5.41) is 6.18. The van der Waals surface area contributed by atoms with E-state index in [1.54, 1.807) is 12.4 Å². The number of guanidine groups is 1. The maximum atomic E-state index is 12.8. The summed E-state index contributed by atoms with van der Waals surface area (Å²) in [6, 6.07) is 15.6. The smallest absolute Gasteiger partial charge is 0.257 e. The quantitative estimate of drug-likeness (QED) is 0.504. The van der Waals surface area contributed by atoms with Gasteiger partial charge in [0.2, 0.25) is 5.96 Å². The molecule has 0 spiro atoms. The Kier molecular flexibility index (Phi) is 6.39. The molecule has 0 bridgehead atoms. The highest BCUT2D eigenvalue weighted by atomic mass is 16.1. The molecule has 2 aromatic carbocycles. The molecule has 0 aliphatic heterocycles. The van der Waals surface area contributed by atoms with Crippen molar-refractivity contribution >= 4 is 17.6 Å². The molecule has 1 heterocycles. The Morgan fingerprint density at radius 3 is 2.24 bits per heavy atom. The van der Waals surface area contributed by atoms with Gasteiger partial charge in [0, 0.05) is 23.6 Å². The predicted molar refractivity (Wildman–Crippen MR) is 118 cm³/mol. The summed E-state index contributed by atoms with van der Waals surface area (Å²) in [5.74, 6) is 0.216.